The molecular weight excluding hydrogens is 438 g/mol. The van der Waals surface area contributed by atoms with E-state index >= 15 is 0 Å². The molecule has 9 heteroatoms. The zero-order valence-corrected chi connectivity index (χ0v) is 19.3. The Morgan fingerprint density at radius 1 is 1.20 bits per heavy atom. The molecule has 0 spiro atoms. The zero-order valence-electron chi connectivity index (χ0n) is 16.9. The Hall–Kier alpha value is -2.36. The summed E-state index contributed by atoms with van der Waals surface area (Å²) in [6.45, 7) is 3.85. The molecule has 0 bridgehead atoms. The quantitative estimate of drug-likeness (QED) is 0.479. The average Bonchev–Trinajstić information content (AvgIpc) is 3.11. The summed E-state index contributed by atoms with van der Waals surface area (Å²) in [4.78, 5) is 18.1. The second-order valence-corrected chi connectivity index (χ2v) is 10.7. The predicted octanol–water partition coefficient (Wildman–Crippen LogP) is 4.61. The van der Waals surface area contributed by atoms with Gasteiger partial charge < -0.3 is 5.32 Å². The second-order valence-electron chi connectivity index (χ2n) is 6.87. The minimum atomic E-state index is -3.35. The highest BCUT2D eigenvalue weighted by molar-refractivity contribution is 7.98. The molecule has 3 rings (SSSR count). The van der Waals surface area contributed by atoms with E-state index in [1.165, 1.54) is 0 Å². The molecule has 6 nitrogen and oxygen atoms in total. The lowest BCUT2D eigenvalue weighted by atomic mass is 10.1. The van der Waals surface area contributed by atoms with Crippen molar-refractivity contribution in [2.75, 3.05) is 11.0 Å². The number of sulfonamides is 1. The van der Waals surface area contributed by atoms with Crippen LogP contribution in [-0.4, -0.2) is 25.6 Å². The van der Waals surface area contributed by atoms with Crippen molar-refractivity contribution < 1.29 is 13.2 Å². The summed E-state index contributed by atoms with van der Waals surface area (Å²) in [5, 5.41) is 6.07. The number of carbonyl (C=O) groups excluding carboxylic acids is 1. The molecule has 0 saturated carbocycles. The number of anilines is 1. The molecule has 1 heterocycles. The summed E-state index contributed by atoms with van der Waals surface area (Å²) in [5.41, 5.74) is 2.90. The van der Waals surface area contributed by atoms with Gasteiger partial charge in [0.15, 0.2) is 0 Å². The Morgan fingerprint density at radius 2 is 1.93 bits per heavy atom. The van der Waals surface area contributed by atoms with Crippen LogP contribution in [0.4, 0.5) is 5.69 Å². The van der Waals surface area contributed by atoms with Gasteiger partial charge in [0.25, 0.3) is 5.91 Å². The standard InChI is InChI=1S/C21H23N3O3S3/c1-14(17-5-4-6-18(11-17)24-30(3,26)27)22-21(25)16-7-9-20(10-8-16)29-13-19-12-28-15(2)23-19/h4-12,14,24H,13H2,1-3H3,(H,22,25). The van der Waals surface area contributed by atoms with Gasteiger partial charge in [-0.15, -0.1) is 23.1 Å². The lowest BCUT2D eigenvalue weighted by Gasteiger charge is -2.16. The third-order valence-electron chi connectivity index (χ3n) is 4.21. The van der Waals surface area contributed by atoms with Crippen molar-refractivity contribution in [1.82, 2.24) is 10.3 Å². The van der Waals surface area contributed by atoms with E-state index in [0.717, 1.165) is 33.2 Å². The van der Waals surface area contributed by atoms with Crippen LogP contribution in [0.5, 0.6) is 0 Å². The Labute approximate surface area is 185 Å². The number of rotatable bonds is 8. The van der Waals surface area contributed by atoms with Gasteiger partial charge in [-0.1, -0.05) is 12.1 Å². The number of aromatic nitrogens is 1. The number of amides is 1. The van der Waals surface area contributed by atoms with E-state index in [-0.39, 0.29) is 11.9 Å². The number of hydrogen-bond donors (Lipinski definition) is 2. The SMILES string of the molecule is Cc1nc(CSc2ccc(C(=O)NC(C)c3cccc(NS(C)(=O)=O)c3)cc2)cs1. The van der Waals surface area contributed by atoms with Crippen LogP contribution in [0.3, 0.4) is 0 Å². The molecule has 2 N–H and O–H groups in total. The number of nitrogens with one attached hydrogen (secondary N) is 2. The normalized spacial score (nSPS) is 12.4. The maximum atomic E-state index is 12.6. The molecule has 0 aliphatic heterocycles. The van der Waals surface area contributed by atoms with E-state index in [1.54, 1.807) is 53.4 Å². The lowest BCUT2D eigenvalue weighted by molar-refractivity contribution is 0.0940. The molecule has 3 aromatic rings. The van der Waals surface area contributed by atoms with Gasteiger partial charge in [-0.05, 0) is 55.8 Å². The highest BCUT2D eigenvalue weighted by Crippen LogP contribution is 2.24. The number of nitrogens with zero attached hydrogens (tertiary/aromatic N) is 1. The molecule has 0 fully saturated rings. The number of benzene rings is 2. The molecule has 1 atom stereocenters. The first-order valence-corrected chi connectivity index (χ1v) is 13.0. The lowest BCUT2D eigenvalue weighted by Crippen LogP contribution is -2.26. The van der Waals surface area contributed by atoms with E-state index < -0.39 is 10.0 Å². The van der Waals surface area contributed by atoms with Crippen LogP contribution in [-0.2, 0) is 15.8 Å². The van der Waals surface area contributed by atoms with E-state index in [0.29, 0.717) is 11.3 Å². The minimum absolute atomic E-state index is 0.185. The maximum absolute atomic E-state index is 12.6. The third kappa shape index (κ3) is 6.58. The zero-order chi connectivity index (χ0) is 21.7. The van der Waals surface area contributed by atoms with Gasteiger partial charge in [0, 0.05) is 27.3 Å². The van der Waals surface area contributed by atoms with Crippen molar-refractivity contribution in [3.8, 4) is 0 Å². The number of thioether (sulfide) groups is 1. The summed E-state index contributed by atoms with van der Waals surface area (Å²) >= 11 is 3.32. The molecular formula is C21H23N3O3S3. The topological polar surface area (TPSA) is 88.2 Å². The fourth-order valence-corrected chi connectivity index (χ4v) is 4.85. The molecule has 0 aliphatic carbocycles. The van der Waals surface area contributed by atoms with Crippen molar-refractivity contribution in [3.63, 3.8) is 0 Å². The van der Waals surface area contributed by atoms with Crippen molar-refractivity contribution >= 4 is 44.7 Å². The largest absolute Gasteiger partial charge is 0.346 e. The average molecular weight is 462 g/mol. The molecule has 2 aromatic carbocycles. The van der Waals surface area contributed by atoms with Gasteiger partial charge in [-0.25, -0.2) is 13.4 Å². The summed E-state index contributed by atoms with van der Waals surface area (Å²) in [5.74, 6) is 0.612. The molecule has 0 aliphatic rings. The monoisotopic (exact) mass is 461 g/mol. The number of thiazole rings is 1. The highest BCUT2D eigenvalue weighted by atomic mass is 32.2. The van der Waals surface area contributed by atoms with Crippen molar-refractivity contribution in [3.05, 3.63) is 75.7 Å². The number of carbonyl (C=O) groups is 1. The first-order valence-electron chi connectivity index (χ1n) is 9.22. The second kappa shape index (κ2) is 9.63. The van der Waals surface area contributed by atoms with Crippen LogP contribution in [0.2, 0.25) is 0 Å². The Bertz CT molecular complexity index is 1130. The van der Waals surface area contributed by atoms with Gasteiger partial charge in [-0.3, -0.25) is 9.52 Å². The van der Waals surface area contributed by atoms with E-state index in [4.69, 9.17) is 0 Å². The summed E-state index contributed by atoms with van der Waals surface area (Å²) in [6, 6.07) is 14.2. The van der Waals surface area contributed by atoms with Crippen LogP contribution in [0.25, 0.3) is 0 Å². The summed E-state index contributed by atoms with van der Waals surface area (Å²) in [6.07, 6.45) is 1.10. The van der Waals surface area contributed by atoms with Gasteiger partial charge >= 0.3 is 0 Å². The van der Waals surface area contributed by atoms with Crippen molar-refractivity contribution in [2.45, 2.75) is 30.5 Å². The summed E-state index contributed by atoms with van der Waals surface area (Å²) in [7, 11) is -3.35. The van der Waals surface area contributed by atoms with Crippen LogP contribution in [0, 0.1) is 6.92 Å². The maximum Gasteiger partial charge on any atom is 0.251 e. The Kier molecular flexibility index (Phi) is 7.17. The number of hydrogen-bond acceptors (Lipinski definition) is 6. The van der Waals surface area contributed by atoms with Crippen LogP contribution in [0.15, 0.2) is 58.8 Å². The number of aryl methyl sites for hydroxylation is 1. The molecule has 1 amide bonds. The molecule has 0 saturated heterocycles. The Morgan fingerprint density at radius 3 is 2.57 bits per heavy atom. The molecule has 30 heavy (non-hydrogen) atoms. The Balaban J connectivity index is 1.59. The van der Waals surface area contributed by atoms with Gasteiger partial charge in [-0.2, -0.15) is 0 Å². The third-order valence-corrected chi connectivity index (χ3v) is 6.68. The van der Waals surface area contributed by atoms with Crippen LogP contribution < -0.4 is 10.0 Å². The fraction of sp³-hybridized carbons (Fsp3) is 0.238. The van der Waals surface area contributed by atoms with E-state index in [9.17, 15) is 13.2 Å². The van der Waals surface area contributed by atoms with Crippen LogP contribution >= 0.6 is 23.1 Å². The highest BCUT2D eigenvalue weighted by Gasteiger charge is 2.13. The van der Waals surface area contributed by atoms with Crippen LogP contribution in [0.1, 0.15) is 39.6 Å². The minimum Gasteiger partial charge on any atom is -0.346 e. The van der Waals surface area contributed by atoms with Crippen molar-refractivity contribution in [2.24, 2.45) is 0 Å². The molecule has 1 aromatic heterocycles. The first-order chi connectivity index (χ1) is 14.2. The molecule has 1 unspecified atom stereocenters. The van der Waals surface area contributed by atoms with Gasteiger partial charge in [0.2, 0.25) is 10.0 Å². The van der Waals surface area contributed by atoms with E-state index in [1.807, 2.05) is 32.0 Å². The molecule has 0 radical (unpaired) electrons. The van der Waals surface area contributed by atoms with Crippen molar-refractivity contribution in [1.29, 1.82) is 0 Å². The predicted molar refractivity (Wildman–Crippen MR) is 124 cm³/mol. The van der Waals surface area contributed by atoms with Gasteiger partial charge in [0.05, 0.1) is 23.0 Å². The van der Waals surface area contributed by atoms with E-state index in [2.05, 4.69) is 20.4 Å². The summed E-state index contributed by atoms with van der Waals surface area (Å²) < 4.78 is 25.3. The first kappa shape index (κ1) is 22.3. The van der Waals surface area contributed by atoms with Gasteiger partial charge in [0.1, 0.15) is 0 Å². The fourth-order valence-electron chi connectivity index (χ4n) is 2.78. The molecule has 158 valence electrons. The smallest absolute Gasteiger partial charge is 0.251 e.